The molecule has 1 rings (SSSR count). The smallest absolute Gasteiger partial charge is 0.105 e. The maximum atomic E-state index is 9.25. The van der Waals surface area contributed by atoms with E-state index in [1.54, 1.807) is 0 Å². The van der Waals surface area contributed by atoms with Crippen molar-refractivity contribution in [3.8, 4) is 6.07 Å². The number of rotatable bonds is 5. The molecule has 1 saturated heterocycles. The van der Waals surface area contributed by atoms with Crippen molar-refractivity contribution < 1.29 is 0 Å². The van der Waals surface area contributed by atoms with Crippen molar-refractivity contribution >= 4 is 0 Å². The number of nitrogens with one attached hydrogen (secondary N) is 1. The van der Waals surface area contributed by atoms with E-state index in [-0.39, 0.29) is 5.54 Å². The standard InChI is InChI=1S/C15H29N3/c1-5-17-15(4,13-16)9-12-18-10-6-7-14(2,3)8-11-18/h17H,5-12H2,1-4H3. The molecule has 0 aromatic rings. The van der Waals surface area contributed by atoms with Crippen LogP contribution >= 0.6 is 0 Å². The zero-order valence-electron chi connectivity index (χ0n) is 12.6. The molecule has 0 aromatic heterocycles. The Morgan fingerprint density at radius 3 is 2.67 bits per heavy atom. The first-order chi connectivity index (χ1) is 8.41. The molecular formula is C15H29N3. The Morgan fingerprint density at radius 1 is 1.33 bits per heavy atom. The van der Waals surface area contributed by atoms with Gasteiger partial charge < -0.3 is 4.90 Å². The fourth-order valence-corrected chi connectivity index (χ4v) is 2.66. The van der Waals surface area contributed by atoms with E-state index < -0.39 is 0 Å². The summed E-state index contributed by atoms with van der Waals surface area (Å²) < 4.78 is 0. The van der Waals surface area contributed by atoms with Gasteiger partial charge in [0, 0.05) is 6.54 Å². The van der Waals surface area contributed by atoms with Crippen LogP contribution in [0.3, 0.4) is 0 Å². The van der Waals surface area contributed by atoms with Crippen molar-refractivity contribution in [2.45, 2.75) is 58.9 Å². The van der Waals surface area contributed by atoms with E-state index in [0.717, 1.165) is 19.5 Å². The van der Waals surface area contributed by atoms with Crippen LogP contribution in [0.4, 0.5) is 0 Å². The van der Waals surface area contributed by atoms with Crippen LogP contribution in [0.1, 0.15) is 53.4 Å². The van der Waals surface area contributed by atoms with E-state index in [1.165, 1.54) is 32.4 Å². The van der Waals surface area contributed by atoms with Gasteiger partial charge in [-0.3, -0.25) is 5.32 Å². The van der Waals surface area contributed by atoms with Crippen molar-refractivity contribution in [1.29, 1.82) is 5.26 Å². The molecule has 0 saturated carbocycles. The van der Waals surface area contributed by atoms with Crippen LogP contribution < -0.4 is 5.32 Å². The Kier molecular flexibility index (Phi) is 5.62. The molecule has 0 aliphatic carbocycles. The van der Waals surface area contributed by atoms with Crippen LogP contribution in [0.2, 0.25) is 0 Å². The number of hydrogen-bond acceptors (Lipinski definition) is 3. The molecule has 1 atom stereocenters. The summed E-state index contributed by atoms with van der Waals surface area (Å²) in [5, 5.41) is 12.5. The lowest BCUT2D eigenvalue weighted by atomic mass is 9.85. The van der Waals surface area contributed by atoms with Gasteiger partial charge in [0.15, 0.2) is 0 Å². The van der Waals surface area contributed by atoms with Crippen molar-refractivity contribution in [3.63, 3.8) is 0 Å². The van der Waals surface area contributed by atoms with Gasteiger partial charge in [0.2, 0.25) is 0 Å². The fourth-order valence-electron chi connectivity index (χ4n) is 2.66. The van der Waals surface area contributed by atoms with Crippen LogP contribution in [0.25, 0.3) is 0 Å². The van der Waals surface area contributed by atoms with Gasteiger partial charge in [-0.25, -0.2) is 0 Å². The Bertz CT molecular complexity index is 293. The van der Waals surface area contributed by atoms with Gasteiger partial charge in [-0.05, 0) is 57.7 Å². The zero-order valence-corrected chi connectivity index (χ0v) is 12.6. The lowest BCUT2D eigenvalue weighted by Gasteiger charge is -2.27. The molecule has 1 fully saturated rings. The van der Waals surface area contributed by atoms with E-state index in [0.29, 0.717) is 5.41 Å². The molecule has 1 heterocycles. The van der Waals surface area contributed by atoms with E-state index in [1.807, 2.05) is 6.92 Å². The fraction of sp³-hybridized carbons (Fsp3) is 0.933. The molecular weight excluding hydrogens is 222 g/mol. The number of likely N-dealkylation sites (tertiary alicyclic amines) is 1. The Hall–Kier alpha value is -0.590. The van der Waals surface area contributed by atoms with E-state index in [4.69, 9.17) is 0 Å². The molecule has 0 aromatic carbocycles. The summed E-state index contributed by atoms with van der Waals surface area (Å²) in [4.78, 5) is 2.53. The predicted octanol–water partition coefficient (Wildman–Crippen LogP) is 2.78. The molecule has 0 bridgehead atoms. The van der Waals surface area contributed by atoms with Gasteiger partial charge >= 0.3 is 0 Å². The Labute approximate surface area is 113 Å². The first-order valence-electron chi connectivity index (χ1n) is 7.29. The highest BCUT2D eigenvalue weighted by Crippen LogP contribution is 2.29. The maximum absolute atomic E-state index is 9.25. The predicted molar refractivity (Wildman–Crippen MR) is 76.4 cm³/mol. The van der Waals surface area contributed by atoms with Gasteiger partial charge in [0.1, 0.15) is 5.54 Å². The molecule has 3 heteroatoms. The molecule has 3 nitrogen and oxygen atoms in total. The van der Waals surface area contributed by atoms with E-state index in [9.17, 15) is 5.26 Å². The minimum Gasteiger partial charge on any atom is -0.303 e. The average molecular weight is 251 g/mol. The molecule has 0 spiro atoms. The SMILES string of the molecule is CCNC(C)(C#N)CCN1CCCC(C)(C)CC1. The van der Waals surface area contributed by atoms with Gasteiger partial charge in [0.25, 0.3) is 0 Å². The van der Waals surface area contributed by atoms with E-state index in [2.05, 4.69) is 37.1 Å². The summed E-state index contributed by atoms with van der Waals surface area (Å²) >= 11 is 0. The minimum absolute atomic E-state index is 0.365. The van der Waals surface area contributed by atoms with Crippen LogP contribution in [0.5, 0.6) is 0 Å². The number of hydrogen-bond donors (Lipinski definition) is 1. The topological polar surface area (TPSA) is 39.1 Å². The summed E-state index contributed by atoms with van der Waals surface area (Å²) in [5.41, 5.74) is 0.130. The molecule has 1 aliphatic rings. The summed E-state index contributed by atoms with van der Waals surface area (Å²) in [6.45, 7) is 13.1. The Morgan fingerprint density at radius 2 is 2.06 bits per heavy atom. The summed E-state index contributed by atoms with van der Waals surface area (Å²) in [6.07, 6.45) is 4.80. The molecule has 1 N–H and O–H groups in total. The second kappa shape index (κ2) is 6.54. The molecule has 18 heavy (non-hydrogen) atoms. The number of nitrogens with zero attached hydrogens (tertiary/aromatic N) is 2. The largest absolute Gasteiger partial charge is 0.303 e. The van der Waals surface area contributed by atoms with Gasteiger partial charge in [-0.1, -0.05) is 20.8 Å². The zero-order chi connectivity index (χ0) is 13.6. The first kappa shape index (κ1) is 15.5. The third-order valence-corrected chi connectivity index (χ3v) is 4.17. The highest BCUT2D eigenvalue weighted by molar-refractivity contribution is 5.03. The molecule has 1 unspecified atom stereocenters. The maximum Gasteiger partial charge on any atom is 0.105 e. The monoisotopic (exact) mass is 251 g/mol. The van der Waals surface area contributed by atoms with Gasteiger partial charge in [0.05, 0.1) is 6.07 Å². The third kappa shape index (κ3) is 4.96. The minimum atomic E-state index is -0.365. The van der Waals surface area contributed by atoms with Gasteiger partial charge in [-0.2, -0.15) is 5.26 Å². The Balaban J connectivity index is 2.41. The number of nitriles is 1. The van der Waals surface area contributed by atoms with Crippen molar-refractivity contribution in [2.24, 2.45) is 5.41 Å². The van der Waals surface area contributed by atoms with Crippen LogP contribution in [0.15, 0.2) is 0 Å². The summed E-state index contributed by atoms with van der Waals surface area (Å²) in [6, 6.07) is 2.41. The van der Waals surface area contributed by atoms with Gasteiger partial charge in [-0.15, -0.1) is 0 Å². The second-order valence-corrected chi connectivity index (χ2v) is 6.58. The van der Waals surface area contributed by atoms with E-state index >= 15 is 0 Å². The van der Waals surface area contributed by atoms with Crippen LogP contribution in [-0.4, -0.2) is 36.6 Å². The normalized spacial score (nSPS) is 23.9. The average Bonchev–Trinajstić information content (AvgIpc) is 2.48. The lowest BCUT2D eigenvalue weighted by molar-refractivity contribution is 0.240. The van der Waals surface area contributed by atoms with Crippen molar-refractivity contribution in [2.75, 3.05) is 26.2 Å². The highest BCUT2D eigenvalue weighted by Gasteiger charge is 2.26. The molecule has 0 amide bonds. The van der Waals surface area contributed by atoms with Crippen molar-refractivity contribution in [3.05, 3.63) is 0 Å². The summed E-state index contributed by atoms with van der Waals surface area (Å²) in [7, 11) is 0. The summed E-state index contributed by atoms with van der Waals surface area (Å²) in [5.74, 6) is 0. The van der Waals surface area contributed by atoms with Crippen molar-refractivity contribution in [1.82, 2.24) is 10.2 Å². The molecule has 0 radical (unpaired) electrons. The lowest BCUT2D eigenvalue weighted by Crippen LogP contribution is -2.44. The molecule has 104 valence electrons. The second-order valence-electron chi connectivity index (χ2n) is 6.58. The third-order valence-electron chi connectivity index (χ3n) is 4.17. The first-order valence-corrected chi connectivity index (χ1v) is 7.29. The quantitative estimate of drug-likeness (QED) is 0.816. The van der Waals surface area contributed by atoms with Crippen LogP contribution in [-0.2, 0) is 0 Å². The van der Waals surface area contributed by atoms with Crippen LogP contribution in [0, 0.1) is 16.7 Å². The molecule has 1 aliphatic heterocycles. The highest BCUT2D eigenvalue weighted by atomic mass is 15.1.